The van der Waals surface area contributed by atoms with E-state index in [9.17, 15) is 9.59 Å². The molecule has 0 aliphatic carbocycles. The SMILES string of the molecule is CC(C)CCC(CC(=O)O)NC(=O)c1ccccn1. The van der Waals surface area contributed by atoms with Crippen molar-refractivity contribution in [3.63, 3.8) is 0 Å². The highest BCUT2D eigenvalue weighted by Gasteiger charge is 2.17. The maximum absolute atomic E-state index is 11.9. The Labute approximate surface area is 113 Å². The molecule has 1 aromatic rings. The molecular formula is C14H20N2O3. The van der Waals surface area contributed by atoms with E-state index in [1.807, 2.05) is 0 Å². The Hall–Kier alpha value is -1.91. The average molecular weight is 264 g/mol. The molecule has 0 spiro atoms. The number of aromatic nitrogens is 1. The van der Waals surface area contributed by atoms with Crippen molar-refractivity contribution in [2.45, 2.75) is 39.2 Å². The van der Waals surface area contributed by atoms with Crippen LogP contribution in [0.25, 0.3) is 0 Å². The summed E-state index contributed by atoms with van der Waals surface area (Å²) in [5, 5.41) is 11.6. The minimum absolute atomic E-state index is 0.0642. The summed E-state index contributed by atoms with van der Waals surface area (Å²) in [6.07, 6.45) is 3.00. The highest BCUT2D eigenvalue weighted by Crippen LogP contribution is 2.10. The Bertz CT molecular complexity index is 418. The summed E-state index contributed by atoms with van der Waals surface area (Å²) in [5.74, 6) is -0.756. The molecule has 5 heteroatoms. The molecule has 1 unspecified atom stereocenters. The standard InChI is InChI=1S/C14H20N2O3/c1-10(2)6-7-11(9-13(17)18)16-14(19)12-5-3-4-8-15-12/h3-5,8,10-11H,6-7,9H2,1-2H3,(H,16,19)(H,17,18). The van der Waals surface area contributed by atoms with Gasteiger partial charge in [0.25, 0.3) is 5.91 Å². The van der Waals surface area contributed by atoms with Crippen molar-refractivity contribution >= 4 is 11.9 Å². The van der Waals surface area contributed by atoms with Crippen LogP contribution in [0.1, 0.15) is 43.6 Å². The number of carboxylic acid groups (broad SMARTS) is 1. The first kappa shape index (κ1) is 15.1. The Morgan fingerprint density at radius 1 is 1.32 bits per heavy atom. The number of carboxylic acids is 1. The molecule has 5 nitrogen and oxygen atoms in total. The molecule has 1 atom stereocenters. The third kappa shape index (κ3) is 5.99. The van der Waals surface area contributed by atoms with Crippen LogP contribution in [0.4, 0.5) is 0 Å². The minimum Gasteiger partial charge on any atom is -0.481 e. The van der Waals surface area contributed by atoms with Crippen LogP contribution < -0.4 is 5.32 Å². The molecule has 104 valence electrons. The van der Waals surface area contributed by atoms with Gasteiger partial charge in [0, 0.05) is 12.2 Å². The Morgan fingerprint density at radius 2 is 2.05 bits per heavy atom. The number of carbonyl (C=O) groups is 2. The van der Waals surface area contributed by atoms with Crippen molar-refractivity contribution < 1.29 is 14.7 Å². The lowest BCUT2D eigenvalue weighted by Gasteiger charge is -2.17. The van der Waals surface area contributed by atoms with Crippen LogP contribution >= 0.6 is 0 Å². The second-order valence-electron chi connectivity index (χ2n) is 4.95. The largest absolute Gasteiger partial charge is 0.481 e. The van der Waals surface area contributed by atoms with Crippen LogP contribution in [0.3, 0.4) is 0 Å². The number of pyridine rings is 1. The van der Waals surface area contributed by atoms with Gasteiger partial charge in [0.15, 0.2) is 0 Å². The van der Waals surface area contributed by atoms with Crippen LogP contribution in [0.2, 0.25) is 0 Å². The van der Waals surface area contributed by atoms with Crippen molar-refractivity contribution in [1.29, 1.82) is 0 Å². The van der Waals surface area contributed by atoms with Crippen LogP contribution in [-0.2, 0) is 4.79 Å². The van der Waals surface area contributed by atoms with Gasteiger partial charge in [-0.2, -0.15) is 0 Å². The molecule has 0 bridgehead atoms. The first-order valence-corrected chi connectivity index (χ1v) is 6.42. The number of aliphatic carboxylic acids is 1. The van der Waals surface area contributed by atoms with E-state index in [1.165, 1.54) is 6.20 Å². The Morgan fingerprint density at radius 3 is 2.58 bits per heavy atom. The molecule has 2 N–H and O–H groups in total. The van der Waals surface area contributed by atoms with Gasteiger partial charge in [0.1, 0.15) is 5.69 Å². The quantitative estimate of drug-likeness (QED) is 0.790. The van der Waals surface area contributed by atoms with E-state index in [0.717, 1.165) is 6.42 Å². The number of nitrogens with zero attached hydrogens (tertiary/aromatic N) is 1. The van der Waals surface area contributed by atoms with Gasteiger partial charge < -0.3 is 10.4 Å². The lowest BCUT2D eigenvalue weighted by Crippen LogP contribution is -2.37. The van der Waals surface area contributed by atoms with Crippen molar-refractivity contribution in [2.24, 2.45) is 5.92 Å². The summed E-state index contributed by atoms with van der Waals surface area (Å²) in [6, 6.07) is 4.71. The third-order valence-electron chi connectivity index (χ3n) is 2.75. The topological polar surface area (TPSA) is 79.3 Å². The monoisotopic (exact) mass is 264 g/mol. The Balaban J connectivity index is 2.60. The summed E-state index contributed by atoms with van der Waals surface area (Å²) in [7, 11) is 0. The van der Waals surface area contributed by atoms with E-state index >= 15 is 0 Å². The zero-order valence-electron chi connectivity index (χ0n) is 11.3. The zero-order chi connectivity index (χ0) is 14.3. The maximum Gasteiger partial charge on any atom is 0.305 e. The number of hydrogen-bond donors (Lipinski definition) is 2. The molecule has 0 saturated carbocycles. The Kier molecular flexibility index (Phi) is 5.99. The van der Waals surface area contributed by atoms with Crippen LogP contribution in [0.5, 0.6) is 0 Å². The number of nitrogens with one attached hydrogen (secondary N) is 1. The van der Waals surface area contributed by atoms with Gasteiger partial charge in [-0.15, -0.1) is 0 Å². The number of rotatable bonds is 7. The number of amides is 1. The lowest BCUT2D eigenvalue weighted by atomic mass is 10.0. The van der Waals surface area contributed by atoms with Gasteiger partial charge >= 0.3 is 5.97 Å². The molecule has 1 aromatic heterocycles. The maximum atomic E-state index is 11.9. The third-order valence-corrected chi connectivity index (χ3v) is 2.75. The van der Waals surface area contributed by atoms with Gasteiger partial charge in [-0.05, 0) is 30.9 Å². The first-order valence-electron chi connectivity index (χ1n) is 6.42. The summed E-state index contributed by atoms with van der Waals surface area (Å²) >= 11 is 0. The van der Waals surface area contributed by atoms with Crippen molar-refractivity contribution in [2.75, 3.05) is 0 Å². The second-order valence-corrected chi connectivity index (χ2v) is 4.95. The highest BCUT2D eigenvalue weighted by atomic mass is 16.4. The van der Waals surface area contributed by atoms with E-state index in [-0.39, 0.29) is 18.4 Å². The van der Waals surface area contributed by atoms with Gasteiger partial charge in [-0.1, -0.05) is 19.9 Å². The van der Waals surface area contributed by atoms with Crippen LogP contribution in [0, 0.1) is 5.92 Å². The van der Waals surface area contributed by atoms with E-state index in [1.54, 1.807) is 18.2 Å². The molecule has 0 aliphatic heterocycles. The first-order chi connectivity index (χ1) is 8.99. The second kappa shape index (κ2) is 7.51. The summed E-state index contributed by atoms with van der Waals surface area (Å²) in [5.41, 5.74) is 0.308. The molecule has 1 amide bonds. The molecule has 0 saturated heterocycles. The van der Waals surface area contributed by atoms with E-state index in [2.05, 4.69) is 24.1 Å². The van der Waals surface area contributed by atoms with Crippen molar-refractivity contribution in [1.82, 2.24) is 10.3 Å². The van der Waals surface area contributed by atoms with E-state index in [4.69, 9.17) is 5.11 Å². The van der Waals surface area contributed by atoms with Gasteiger partial charge in [-0.3, -0.25) is 14.6 Å². The fourth-order valence-electron chi connectivity index (χ4n) is 1.73. The molecule has 0 fully saturated rings. The highest BCUT2D eigenvalue weighted by molar-refractivity contribution is 5.92. The summed E-state index contributed by atoms with van der Waals surface area (Å²) in [4.78, 5) is 26.7. The summed E-state index contributed by atoms with van der Waals surface area (Å²) < 4.78 is 0. The minimum atomic E-state index is -0.907. The van der Waals surface area contributed by atoms with Gasteiger partial charge in [0.05, 0.1) is 6.42 Å². The zero-order valence-corrected chi connectivity index (χ0v) is 11.3. The number of hydrogen-bond acceptors (Lipinski definition) is 3. The molecule has 0 aliphatic rings. The molecule has 0 aromatic carbocycles. The average Bonchev–Trinajstić information content (AvgIpc) is 2.36. The van der Waals surface area contributed by atoms with Gasteiger partial charge in [-0.25, -0.2) is 0 Å². The van der Waals surface area contributed by atoms with Gasteiger partial charge in [0.2, 0.25) is 0 Å². The molecule has 1 rings (SSSR count). The van der Waals surface area contributed by atoms with Crippen LogP contribution in [-0.4, -0.2) is 28.0 Å². The van der Waals surface area contributed by atoms with Crippen molar-refractivity contribution in [3.8, 4) is 0 Å². The molecule has 1 heterocycles. The van der Waals surface area contributed by atoms with E-state index in [0.29, 0.717) is 18.0 Å². The lowest BCUT2D eigenvalue weighted by molar-refractivity contribution is -0.137. The molecule has 0 radical (unpaired) electrons. The molecule has 19 heavy (non-hydrogen) atoms. The van der Waals surface area contributed by atoms with E-state index < -0.39 is 5.97 Å². The summed E-state index contributed by atoms with van der Waals surface area (Å²) in [6.45, 7) is 4.14. The predicted molar refractivity (Wildman–Crippen MR) is 71.8 cm³/mol. The number of carbonyl (C=O) groups excluding carboxylic acids is 1. The smallest absolute Gasteiger partial charge is 0.305 e. The van der Waals surface area contributed by atoms with Crippen molar-refractivity contribution in [3.05, 3.63) is 30.1 Å². The normalized spacial score (nSPS) is 12.2. The fraction of sp³-hybridized carbons (Fsp3) is 0.500. The fourth-order valence-corrected chi connectivity index (χ4v) is 1.73. The molecular weight excluding hydrogens is 244 g/mol. The van der Waals surface area contributed by atoms with Crippen LogP contribution in [0.15, 0.2) is 24.4 Å². The predicted octanol–water partition coefficient (Wildman–Crippen LogP) is 2.09.